The first-order valence-corrected chi connectivity index (χ1v) is 7.06. The van der Waals surface area contributed by atoms with Crippen molar-refractivity contribution in [1.82, 2.24) is 0 Å². The highest BCUT2D eigenvalue weighted by molar-refractivity contribution is 5.99. The number of carbonyl (C=O) groups excluding carboxylic acids is 1. The highest BCUT2D eigenvalue weighted by Crippen LogP contribution is 2.33. The van der Waals surface area contributed by atoms with Crippen LogP contribution in [0.1, 0.15) is 5.56 Å². The Labute approximate surface area is 127 Å². The van der Waals surface area contributed by atoms with Crippen LogP contribution in [0, 0.1) is 0 Å². The summed E-state index contributed by atoms with van der Waals surface area (Å²) >= 11 is 0. The van der Waals surface area contributed by atoms with E-state index >= 15 is 0 Å². The van der Waals surface area contributed by atoms with E-state index in [9.17, 15) is 4.79 Å². The average molecular weight is 298 g/mol. The molecule has 1 aromatic carbocycles. The second kappa shape index (κ2) is 5.35. The predicted molar refractivity (Wildman–Crippen MR) is 77.4 cm³/mol. The molecule has 3 aliphatic rings. The summed E-state index contributed by atoms with van der Waals surface area (Å²) in [5.41, 5.74) is 1.52. The summed E-state index contributed by atoms with van der Waals surface area (Å²) in [5, 5.41) is 0. The Bertz CT molecular complexity index is 714. The van der Waals surface area contributed by atoms with E-state index < -0.39 is 0 Å². The van der Waals surface area contributed by atoms with Gasteiger partial charge in [0.05, 0.1) is 0 Å². The molecule has 22 heavy (non-hydrogen) atoms. The molecule has 0 spiro atoms. The molecule has 1 aliphatic carbocycles. The fourth-order valence-corrected chi connectivity index (χ4v) is 2.57. The number of fused-ring (bicyclic) bond motifs is 2. The Kier molecular flexibility index (Phi) is 3.20. The SMILES string of the molecule is O=C(Cc1ccc2c(c1)OCO2)C1=CC2C=C(C=C1)OCO2. The minimum atomic E-state index is -0.213. The molecule has 1 atom stereocenters. The summed E-state index contributed by atoms with van der Waals surface area (Å²) in [6.07, 6.45) is 7.33. The van der Waals surface area contributed by atoms with Gasteiger partial charge in [0, 0.05) is 12.0 Å². The predicted octanol–water partition coefficient (Wildman–Crippen LogP) is 2.28. The van der Waals surface area contributed by atoms with Crippen molar-refractivity contribution >= 4 is 5.78 Å². The lowest BCUT2D eigenvalue weighted by Gasteiger charge is -2.17. The summed E-state index contributed by atoms with van der Waals surface area (Å²) in [6, 6.07) is 5.56. The second-order valence-electron chi connectivity index (χ2n) is 5.21. The summed E-state index contributed by atoms with van der Waals surface area (Å²) < 4.78 is 21.3. The molecule has 2 heterocycles. The van der Waals surface area contributed by atoms with Crippen LogP contribution in [0.5, 0.6) is 11.5 Å². The van der Waals surface area contributed by atoms with Crippen molar-refractivity contribution in [2.75, 3.05) is 13.6 Å². The number of hydrogen-bond donors (Lipinski definition) is 0. The van der Waals surface area contributed by atoms with Gasteiger partial charge >= 0.3 is 0 Å². The smallest absolute Gasteiger partial charge is 0.231 e. The van der Waals surface area contributed by atoms with Crippen molar-refractivity contribution in [2.45, 2.75) is 12.5 Å². The fraction of sp³-hybridized carbons (Fsp3) is 0.235. The highest BCUT2D eigenvalue weighted by Gasteiger charge is 2.19. The number of Topliss-reactive ketones (excluding diaryl/α,β-unsaturated/α-hetero) is 1. The van der Waals surface area contributed by atoms with Crippen LogP contribution >= 0.6 is 0 Å². The number of rotatable bonds is 3. The molecular formula is C17H14O5. The molecule has 5 nitrogen and oxygen atoms in total. The van der Waals surface area contributed by atoms with Gasteiger partial charge in [0.2, 0.25) is 6.79 Å². The van der Waals surface area contributed by atoms with E-state index in [-0.39, 0.29) is 25.5 Å². The minimum Gasteiger partial charge on any atom is -0.468 e. The zero-order chi connectivity index (χ0) is 14.9. The van der Waals surface area contributed by atoms with Crippen LogP contribution in [0.15, 0.2) is 53.8 Å². The topological polar surface area (TPSA) is 54.0 Å². The van der Waals surface area contributed by atoms with Gasteiger partial charge in [0.1, 0.15) is 11.9 Å². The number of hydrogen-bond acceptors (Lipinski definition) is 5. The Morgan fingerprint density at radius 3 is 2.91 bits per heavy atom. The number of ether oxygens (including phenoxy) is 4. The Hall–Kier alpha value is -2.53. The molecule has 1 aromatic rings. The molecule has 0 aromatic heterocycles. The molecule has 2 bridgehead atoms. The lowest BCUT2D eigenvalue weighted by molar-refractivity contribution is -0.114. The van der Waals surface area contributed by atoms with Gasteiger partial charge in [-0.25, -0.2) is 0 Å². The Morgan fingerprint density at radius 1 is 1.05 bits per heavy atom. The van der Waals surface area contributed by atoms with E-state index in [1.807, 2.05) is 30.4 Å². The Balaban J connectivity index is 1.53. The fourth-order valence-electron chi connectivity index (χ4n) is 2.57. The molecule has 2 aliphatic heterocycles. The molecule has 5 heteroatoms. The molecular weight excluding hydrogens is 284 g/mol. The molecule has 0 saturated heterocycles. The van der Waals surface area contributed by atoms with Crippen molar-refractivity contribution in [3.8, 4) is 11.5 Å². The standard InChI is InChI=1S/C17H14O5/c18-15(5-11-1-4-16-17(6-11)22-10-21-16)12-2-3-13-8-14(7-12)20-9-19-13/h1-4,6-8,14H,5,9-10H2. The lowest BCUT2D eigenvalue weighted by Crippen LogP contribution is -2.16. The second-order valence-corrected chi connectivity index (χ2v) is 5.21. The normalized spacial score (nSPS) is 21.5. The van der Waals surface area contributed by atoms with E-state index in [0.717, 1.165) is 17.1 Å². The van der Waals surface area contributed by atoms with Crippen LogP contribution in [-0.2, 0) is 20.7 Å². The molecule has 0 radical (unpaired) electrons. The van der Waals surface area contributed by atoms with Gasteiger partial charge < -0.3 is 18.9 Å². The van der Waals surface area contributed by atoms with Gasteiger partial charge in [0.25, 0.3) is 0 Å². The zero-order valence-electron chi connectivity index (χ0n) is 11.8. The average Bonchev–Trinajstić information content (AvgIpc) is 2.93. The first-order valence-electron chi connectivity index (χ1n) is 7.06. The van der Waals surface area contributed by atoms with Crippen molar-refractivity contribution in [3.63, 3.8) is 0 Å². The van der Waals surface area contributed by atoms with Gasteiger partial charge in [0.15, 0.2) is 24.1 Å². The maximum Gasteiger partial charge on any atom is 0.231 e. The molecule has 4 rings (SSSR count). The maximum atomic E-state index is 12.5. The third kappa shape index (κ3) is 2.51. The quantitative estimate of drug-likeness (QED) is 0.857. The van der Waals surface area contributed by atoms with Crippen LogP contribution in [0.4, 0.5) is 0 Å². The van der Waals surface area contributed by atoms with E-state index in [2.05, 4.69) is 0 Å². The van der Waals surface area contributed by atoms with Gasteiger partial charge in [-0.3, -0.25) is 4.79 Å². The third-order valence-electron chi connectivity index (χ3n) is 3.71. The molecule has 0 fully saturated rings. The van der Waals surface area contributed by atoms with Crippen LogP contribution in [0.2, 0.25) is 0 Å². The number of carbonyl (C=O) groups is 1. The van der Waals surface area contributed by atoms with Crippen LogP contribution in [0.3, 0.4) is 0 Å². The number of allylic oxidation sites excluding steroid dienone is 3. The summed E-state index contributed by atoms with van der Waals surface area (Å²) in [7, 11) is 0. The molecule has 0 amide bonds. The van der Waals surface area contributed by atoms with Gasteiger partial charge in [-0.1, -0.05) is 6.07 Å². The number of ketones is 1. The van der Waals surface area contributed by atoms with E-state index in [4.69, 9.17) is 18.9 Å². The van der Waals surface area contributed by atoms with E-state index in [1.54, 1.807) is 12.2 Å². The van der Waals surface area contributed by atoms with Crippen LogP contribution in [0.25, 0.3) is 0 Å². The van der Waals surface area contributed by atoms with Gasteiger partial charge in [-0.2, -0.15) is 0 Å². The number of benzene rings is 1. The first-order chi connectivity index (χ1) is 10.8. The zero-order valence-corrected chi connectivity index (χ0v) is 11.8. The largest absolute Gasteiger partial charge is 0.468 e. The van der Waals surface area contributed by atoms with Crippen molar-refractivity contribution in [3.05, 3.63) is 59.4 Å². The first kappa shape index (κ1) is 13.2. The summed E-state index contributed by atoms with van der Waals surface area (Å²) in [6.45, 7) is 0.440. The molecule has 1 unspecified atom stereocenters. The van der Waals surface area contributed by atoms with Crippen molar-refractivity contribution in [1.29, 1.82) is 0 Å². The van der Waals surface area contributed by atoms with Gasteiger partial charge in [-0.05, 0) is 42.0 Å². The Morgan fingerprint density at radius 2 is 1.95 bits per heavy atom. The van der Waals surface area contributed by atoms with Crippen LogP contribution < -0.4 is 9.47 Å². The minimum absolute atomic E-state index is 0.0280. The van der Waals surface area contributed by atoms with Crippen molar-refractivity contribution in [2.24, 2.45) is 0 Å². The monoisotopic (exact) mass is 298 g/mol. The molecule has 0 N–H and O–H groups in total. The van der Waals surface area contributed by atoms with Crippen molar-refractivity contribution < 1.29 is 23.7 Å². The molecule has 112 valence electrons. The van der Waals surface area contributed by atoms with E-state index in [0.29, 0.717) is 17.7 Å². The third-order valence-corrected chi connectivity index (χ3v) is 3.71. The maximum absolute atomic E-state index is 12.5. The summed E-state index contributed by atoms with van der Waals surface area (Å²) in [5.74, 6) is 2.17. The van der Waals surface area contributed by atoms with Crippen LogP contribution in [-0.4, -0.2) is 25.5 Å². The lowest BCUT2D eigenvalue weighted by atomic mass is 10.0. The molecule has 0 saturated carbocycles. The van der Waals surface area contributed by atoms with E-state index in [1.165, 1.54) is 0 Å². The van der Waals surface area contributed by atoms with Gasteiger partial charge in [-0.15, -0.1) is 0 Å². The summed E-state index contributed by atoms with van der Waals surface area (Å²) in [4.78, 5) is 12.5. The highest BCUT2D eigenvalue weighted by atomic mass is 16.7.